The summed E-state index contributed by atoms with van der Waals surface area (Å²) in [7, 11) is 2.09. The maximum absolute atomic E-state index is 5.65. The average molecular weight is 250 g/mol. The number of benzene rings is 1. The van der Waals surface area contributed by atoms with E-state index in [1.807, 2.05) is 25.1 Å². The third-order valence-electron chi connectivity index (χ3n) is 3.07. The molecule has 1 aliphatic heterocycles. The fraction of sp³-hybridized carbons (Fsp3) is 0.571. The van der Waals surface area contributed by atoms with E-state index in [2.05, 4.69) is 23.3 Å². The first kappa shape index (κ1) is 13.2. The first-order valence-electron chi connectivity index (χ1n) is 6.55. The number of para-hydroxylation sites is 2. The Bertz CT molecular complexity index is 365. The monoisotopic (exact) mass is 250 g/mol. The number of likely N-dealkylation sites (N-methyl/N-ethyl adjacent to an activating group) is 1. The number of hydrogen-bond donors (Lipinski definition) is 1. The van der Waals surface area contributed by atoms with Crippen LogP contribution in [-0.4, -0.2) is 46.0 Å². The summed E-state index contributed by atoms with van der Waals surface area (Å²) in [5, 5.41) is 3.46. The third kappa shape index (κ3) is 3.37. The van der Waals surface area contributed by atoms with Gasteiger partial charge in [0.25, 0.3) is 0 Å². The van der Waals surface area contributed by atoms with Crippen LogP contribution in [0.15, 0.2) is 24.3 Å². The molecule has 0 radical (unpaired) electrons. The summed E-state index contributed by atoms with van der Waals surface area (Å²) in [6.07, 6.45) is 0. The number of ether oxygens (including phenoxy) is 2. The molecule has 0 bridgehead atoms. The van der Waals surface area contributed by atoms with E-state index in [9.17, 15) is 0 Å². The van der Waals surface area contributed by atoms with Gasteiger partial charge in [0.1, 0.15) is 5.75 Å². The van der Waals surface area contributed by atoms with Crippen molar-refractivity contribution < 1.29 is 9.47 Å². The van der Waals surface area contributed by atoms with Crippen molar-refractivity contribution in [2.75, 3.05) is 44.9 Å². The van der Waals surface area contributed by atoms with Crippen molar-refractivity contribution in [1.29, 1.82) is 0 Å². The topological polar surface area (TPSA) is 33.7 Å². The largest absolute Gasteiger partial charge is 0.492 e. The molecule has 1 unspecified atom stereocenters. The van der Waals surface area contributed by atoms with Gasteiger partial charge in [-0.25, -0.2) is 0 Å². The molecule has 0 saturated carbocycles. The Kier molecular flexibility index (Phi) is 4.84. The number of rotatable bonds is 5. The first-order chi connectivity index (χ1) is 8.81. The molecule has 18 heavy (non-hydrogen) atoms. The molecule has 4 nitrogen and oxygen atoms in total. The number of anilines is 1. The molecule has 100 valence electrons. The minimum atomic E-state index is 0.387. The molecule has 0 aliphatic carbocycles. The molecule has 1 fully saturated rings. The van der Waals surface area contributed by atoms with Gasteiger partial charge >= 0.3 is 0 Å². The van der Waals surface area contributed by atoms with Gasteiger partial charge < -0.3 is 19.7 Å². The molecule has 2 rings (SSSR count). The lowest BCUT2D eigenvalue weighted by Gasteiger charge is -2.30. The van der Waals surface area contributed by atoms with Crippen LogP contribution in [-0.2, 0) is 4.74 Å². The predicted molar refractivity (Wildman–Crippen MR) is 73.5 cm³/mol. The van der Waals surface area contributed by atoms with Crippen LogP contribution in [0, 0.1) is 0 Å². The molecule has 1 saturated heterocycles. The molecule has 4 heteroatoms. The lowest BCUT2D eigenvalue weighted by atomic mass is 10.2. The molecule has 1 heterocycles. The zero-order valence-electron chi connectivity index (χ0n) is 11.2. The van der Waals surface area contributed by atoms with Gasteiger partial charge in [-0.2, -0.15) is 0 Å². The van der Waals surface area contributed by atoms with E-state index in [0.717, 1.165) is 37.7 Å². The second-order valence-corrected chi connectivity index (χ2v) is 4.51. The second-order valence-electron chi connectivity index (χ2n) is 4.51. The minimum absolute atomic E-state index is 0.387. The highest BCUT2D eigenvalue weighted by Crippen LogP contribution is 2.27. The molecule has 1 aromatic carbocycles. The van der Waals surface area contributed by atoms with Crippen molar-refractivity contribution in [1.82, 2.24) is 5.32 Å². The molecule has 1 aliphatic rings. The maximum atomic E-state index is 5.65. The SMILES string of the molecule is CCOc1ccccc1N(C)CC1COCCN1. The van der Waals surface area contributed by atoms with Crippen LogP contribution in [0.25, 0.3) is 0 Å². The van der Waals surface area contributed by atoms with E-state index >= 15 is 0 Å². The van der Waals surface area contributed by atoms with Crippen molar-refractivity contribution in [2.45, 2.75) is 13.0 Å². The Hall–Kier alpha value is -1.26. The summed E-state index contributed by atoms with van der Waals surface area (Å²) in [5.74, 6) is 0.944. The van der Waals surface area contributed by atoms with Crippen molar-refractivity contribution in [3.63, 3.8) is 0 Å². The van der Waals surface area contributed by atoms with Crippen LogP contribution in [0.3, 0.4) is 0 Å². The maximum Gasteiger partial charge on any atom is 0.142 e. The van der Waals surface area contributed by atoms with Crippen LogP contribution in [0.4, 0.5) is 5.69 Å². The predicted octanol–water partition coefficient (Wildman–Crippen LogP) is 1.51. The zero-order chi connectivity index (χ0) is 12.8. The van der Waals surface area contributed by atoms with Crippen LogP contribution in [0.5, 0.6) is 5.75 Å². The number of nitrogens with zero attached hydrogens (tertiary/aromatic N) is 1. The van der Waals surface area contributed by atoms with Crippen molar-refractivity contribution in [3.8, 4) is 5.75 Å². The standard InChI is InChI=1S/C14H22N2O2/c1-3-18-14-7-5-4-6-13(14)16(2)10-12-11-17-9-8-15-12/h4-7,12,15H,3,8-11H2,1-2H3. The highest BCUT2D eigenvalue weighted by atomic mass is 16.5. The number of morpholine rings is 1. The van der Waals surface area contributed by atoms with Gasteiger partial charge in [0.05, 0.1) is 25.5 Å². The molecular formula is C14H22N2O2. The summed E-state index contributed by atoms with van der Waals surface area (Å²) in [6, 6.07) is 8.54. The molecule has 1 atom stereocenters. The summed E-state index contributed by atoms with van der Waals surface area (Å²) in [5.41, 5.74) is 1.13. The smallest absolute Gasteiger partial charge is 0.142 e. The van der Waals surface area contributed by atoms with E-state index in [1.54, 1.807) is 0 Å². The Labute approximate surface area is 109 Å². The van der Waals surface area contributed by atoms with Crippen molar-refractivity contribution in [3.05, 3.63) is 24.3 Å². The van der Waals surface area contributed by atoms with E-state index in [4.69, 9.17) is 9.47 Å². The highest BCUT2D eigenvalue weighted by molar-refractivity contribution is 5.58. The lowest BCUT2D eigenvalue weighted by molar-refractivity contribution is 0.0791. The van der Waals surface area contributed by atoms with E-state index in [-0.39, 0.29) is 0 Å². The van der Waals surface area contributed by atoms with Crippen LogP contribution in [0.1, 0.15) is 6.92 Å². The van der Waals surface area contributed by atoms with Crippen molar-refractivity contribution >= 4 is 5.69 Å². The summed E-state index contributed by atoms with van der Waals surface area (Å²) >= 11 is 0. The fourth-order valence-electron chi connectivity index (χ4n) is 2.22. The lowest BCUT2D eigenvalue weighted by Crippen LogP contribution is -2.47. The highest BCUT2D eigenvalue weighted by Gasteiger charge is 2.16. The van der Waals surface area contributed by atoms with Gasteiger partial charge in [0, 0.05) is 26.2 Å². The molecule has 1 N–H and O–H groups in total. The Morgan fingerprint density at radius 2 is 2.28 bits per heavy atom. The van der Waals surface area contributed by atoms with Crippen LogP contribution in [0.2, 0.25) is 0 Å². The van der Waals surface area contributed by atoms with Gasteiger partial charge in [0.2, 0.25) is 0 Å². The second kappa shape index (κ2) is 6.61. The van der Waals surface area contributed by atoms with Gasteiger partial charge in [0.15, 0.2) is 0 Å². The van der Waals surface area contributed by atoms with Crippen molar-refractivity contribution in [2.24, 2.45) is 0 Å². The third-order valence-corrected chi connectivity index (χ3v) is 3.07. The normalized spacial score (nSPS) is 19.6. The number of nitrogens with one attached hydrogen (secondary N) is 1. The zero-order valence-corrected chi connectivity index (χ0v) is 11.2. The Balaban J connectivity index is 2.00. The quantitative estimate of drug-likeness (QED) is 0.859. The van der Waals surface area contributed by atoms with Gasteiger partial charge in [-0.15, -0.1) is 0 Å². The minimum Gasteiger partial charge on any atom is -0.492 e. The number of hydrogen-bond acceptors (Lipinski definition) is 4. The van der Waals surface area contributed by atoms with Crippen LogP contribution < -0.4 is 15.0 Å². The summed E-state index contributed by atoms with van der Waals surface area (Å²) in [4.78, 5) is 2.22. The Morgan fingerprint density at radius 1 is 1.44 bits per heavy atom. The summed E-state index contributed by atoms with van der Waals surface area (Å²) < 4.78 is 11.1. The van der Waals surface area contributed by atoms with Crippen LogP contribution >= 0.6 is 0 Å². The first-order valence-corrected chi connectivity index (χ1v) is 6.55. The molecule has 1 aromatic rings. The molecule has 0 spiro atoms. The fourth-order valence-corrected chi connectivity index (χ4v) is 2.22. The molecule has 0 aromatic heterocycles. The average Bonchev–Trinajstić information content (AvgIpc) is 2.41. The van der Waals surface area contributed by atoms with Gasteiger partial charge in [-0.3, -0.25) is 0 Å². The molecular weight excluding hydrogens is 228 g/mol. The summed E-state index contributed by atoms with van der Waals surface area (Å²) in [6.45, 7) is 6.15. The van der Waals surface area contributed by atoms with E-state index in [0.29, 0.717) is 12.6 Å². The van der Waals surface area contributed by atoms with Gasteiger partial charge in [-0.1, -0.05) is 12.1 Å². The van der Waals surface area contributed by atoms with E-state index < -0.39 is 0 Å². The van der Waals surface area contributed by atoms with Gasteiger partial charge in [-0.05, 0) is 19.1 Å². The molecule has 0 amide bonds. The van der Waals surface area contributed by atoms with E-state index in [1.165, 1.54) is 0 Å². The Morgan fingerprint density at radius 3 is 3.00 bits per heavy atom.